The van der Waals surface area contributed by atoms with Gasteiger partial charge in [0.2, 0.25) is 0 Å². The first kappa shape index (κ1) is 28.9. The van der Waals surface area contributed by atoms with Crippen molar-refractivity contribution in [1.29, 1.82) is 0 Å². The van der Waals surface area contributed by atoms with Crippen LogP contribution in [0.4, 0.5) is 22.0 Å². The van der Waals surface area contributed by atoms with Crippen molar-refractivity contribution in [3.05, 3.63) is 104 Å². The SMILES string of the molecule is Cc1cnc(-c2cccc(S(C)(=O)=O)c2F)c(F)c1-n1c(C)cc([C@@H]2CC2c2cncc(C(F)(F)F)c2)c(Cl)c1=O. The lowest BCUT2D eigenvalue weighted by atomic mass is 10.0. The first-order valence-electron chi connectivity index (χ1n) is 12.2. The van der Waals surface area contributed by atoms with Gasteiger partial charge in [0.1, 0.15) is 15.6 Å². The van der Waals surface area contributed by atoms with Crippen molar-refractivity contribution in [1.82, 2.24) is 14.5 Å². The monoisotopic (exact) mass is 609 g/mol. The lowest BCUT2D eigenvalue weighted by Gasteiger charge is -2.18. The summed E-state index contributed by atoms with van der Waals surface area (Å²) in [6.45, 7) is 3.03. The molecule has 6 nitrogen and oxygen atoms in total. The smallest absolute Gasteiger partial charge is 0.277 e. The molecule has 0 radical (unpaired) electrons. The highest BCUT2D eigenvalue weighted by atomic mass is 35.5. The van der Waals surface area contributed by atoms with E-state index in [1.165, 1.54) is 38.4 Å². The summed E-state index contributed by atoms with van der Waals surface area (Å²) in [6, 6.07) is 6.07. The van der Waals surface area contributed by atoms with Crippen LogP contribution in [0.2, 0.25) is 5.02 Å². The van der Waals surface area contributed by atoms with E-state index in [4.69, 9.17) is 11.6 Å². The molecule has 1 aliphatic carbocycles. The molecule has 0 N–H and O–H groups in total. The predicted octanol–water partition coefficient (Wildman–Crippen LogP) is 6.54. The Hall–Kier alpha value is -3.64. The summed E-state index contributed by atoms with van der Waals surface area (Å²) in [4.78, 5) is 20.6. The molecule has 13 heteroatoms. The molecule has 0 aliphatic heterocycles. The van der Waals surface area contributed by atoms with Gasteiger partial charge in [-0.2, -0.15) is 13.2 Å². The molecule has 1 aromatic carbocycles. The second-order valence-corrected chi connectivity index (χ2v) is 12.4. The lowest BCUT2D eigenvalue weighted by Crippen LogP contribution is -2.24. The van der Waals surface area contributed by atoms with E-state index in [1.807, 2.05) is 0 Å². The maximum absolute atomic E-state index is 16.0. The molecule has 5 rings (SSSR count). The molecule has 1 saturated carbocycles. The molecule has 214 valence electrons. The highest BCUT2D eigenvalue weighted by Crippen LogP contribution is 2.56. The number of benzene rings is 1. The van der Waals surface area contributed by atoms with Gasteiger partial charge in [-0.1, -0.05) is 17.7 Å². The third-order valence-electron chi connectivity index (χ3n) is 7.08. The number of aromatic nitrogens is 3. The number of hydrogen-bond donors (Lipinski definition) is 0. The molecule has 1 unspecified atom stereocenters. The van der Waals surface area contributed by atoms with E-state index in [9.17, 15) is 26.4 Å². The van der Waals surface area contributed by atoms with Crippen LogP contribution in [-0.2, 0) is 16.0 Å². The number of aryl methyl sites for hydroxylation is 2. The van der Waals surface area contributed by atoms with Gasteiger partial charge < -0.3 is 0 Å². The van der Waals surface area contributed by atoms with Crippen LogP contribution in [0.5, 0.6) is 0 Å². The van der Waals surface area contributed by atoms with Crippen LogP contribution in [-0.4, -0.2) is 29.2 Å². The zero-order chi connectivity index (χ0) is 30.0. The van der Waals surface area contributed by atoms with Crippen LogP contribution in [0.1, 0.15) is 46.2 Å². The van der Waals surface area contributed by atoms with Crippen molar-refractivity contribution in [3.8, 4) is 16.9 Å². The number of rotatable bonds is 5. The molecule has 0 amide bonds. The van der Waals surface area contributed by atoms with Crippen LogP contribution in [0.25, 0.3) is 16.9 Å². The fourth-order valence-corrected chi connectivity index (χ4v) is 6.05. The van der Waals surface area contributed by atoms with Gasteiger partial charge in [0.15, 0.2) is 21.5 Å². The Labute approximate surface area is 236 Å². The van der Waals surface area contributed by atoms with Crippen molar-refractivity contribution in [2.24, 2.45) is 0 Å². The third kappa shape index (κ3) is 5.14. The Morgan fingerprint density at radius 2 is 1.73 bits per heavy atom. The minimum absolute atomic E-state index is 0.222. The molecule has 3 aromatic heterocycles. The van der Waals surface area contributed by atoms with Crippen molar-refractivity contribution in [2.75, 3.05) is 6.26 Å². The van der Waals surface area contributed by atoms with Crippen molar-refractivity contribution >= 4 is 21.4 Å². The fraction of sp³-hybridized carbons (Fsp3) is 0.250. The average Bonchev–Trinajstić information content (AvgIpc) is 3.68. The van der Waals surface area contributed by atoms with Gasteiger partial charge in [0, 0.05) is 36.1 Å². The van der Waals surface area contributed by atoms with E-state index in [0.717, 1.165) is 29.2 Å². The second-order valence-electron chi connectivity index (χ2n) is 9.99. The zero-order valence-corrected chi connectivity index (χ0v) is 23.3. The molecule has 2 atom stereocenters. The summed E-state index contributed by atoms with van der Waals surface area (Å²) in [6.07, 6.45) is 0.0156. The largest absolute Gasteiger partial charge is 0.417 e. The van der Waals surface area contributed by atoms with Crippen LogP contribution in [0, 0.1) is 25.5 Å². The first-order valence-corrected chi connectivity index (χ1v) is 14.5. The molecule has 0 saturated heterocycles. The van der Waals surface area contributed by atoms with E-state index in [0.29, 0.717) is 17.5 Å². The van der Waals surface area contributed by atoms with E-state index in [1.54, 1.807) is 6.07 Å². The second kappa shape index (κ2) is 10.0. The Morgan fingerprint density at radius 1 is 1.02 bits per heavy atom. The number of pyridine rings is 3. The number of alkyl halides is 3. The van der Waals surface area contributed by atoms with E-state index >= 15 is 8.78 Å². The van der Waals surface area contributed by atoms with Crippen molar-refractivity contribution in [2.45, 2.75) is 43.2 Å². The van der Waals surface area contributed by atoms with Gasteiger partial charge in [0.05, 0.1) is 11.3 Å². The van der Waals surface area contributed by atoms with Crippen molar-refractivity contribution in [3.63, 3.8) is 0 Å². The molecule has 41 heavy (non-hydrogen) atoms. The quantitative estimate of drug-likeness (QED) is 0.240. The zero-order valence-electron chi connectivity index (χ0n) is 21.7. The maximum atomic E-state index is 16.0. The summed E-state index contributed by atoms with van der Waals surface area (Å²) < 4.78 is 95.6. The van der Waals surface area contributed by atoms with Gasteiger partial charge in [-0.3, -0.25) is 19.3 Å². The first-order chi connectivity index (χ1) is 19.1. The molecule has 3 heterocycles. The topological polar surface area (TPSA) is 81.9 Å². The molecule has 4 aromatic rings. The van der Waals surface area contributed by atoms with E-state index in [2.05, 4.69) is 9.97 Å². The minimum Gasteiger partial charge on any atom is -0.277 e. The van der Waals surface area contributed by atoms with E-state index in [-0.39, 0.29) is 33.8 Å². The van der Waals surface area contributed by atoms with Gasteiger partial charge in [-0.15, -0.1) is 0 Å². The fourth-order valence-electron chi connectivity index (χ4n) is 5.01. The van der Waals surface area contributed by atoms with Gasteiger partial charge in [-0.25, -0.2) is 17.2 Å². The Morgan fingerprint density at radius 3 is 2.39 bits per heavy atom. The van der Waals surface area contributed by atoms with Crippen LogP contribution in [0.3, 0.4) is 0 Å². The maximum Gasteiger partial charge on any atom is 0.417 e. The van der Waals surface area contributed by atoms with Crippen LogP contribution < -0.4 is 5.56 Å². The summed E-state index contributed by atoms with van der Waals surface area (Å²) in [5, 5.41) is -0.231. The molecule has 0 bridgehead atoms. The molecule has 1 aliphatic rings. The average molecular weight is 610 g/mol. The summed E-state index contributed by atoms with van der Waals surface area (Å²) in [7, 11) is -3.97. The Bertz CT molecular complexity index is 1890. The third-order valence-corrected chi connectivity index (χ3v) is 8.58. The summed E-state index contributed by atoms with van der Waals surface area (Å²) in [5.41, 5.74) is -1.55. The molecular weight excluding hydrogens is 589 g/mol. The van der Waals surface area contributed by atoms with Crippen LogP contribution >= 0.6 is 11.6 Å². The highest BCUT2D eigenvalue weighted by molar-refractivity contribution is 7.90. The number of hydrogen-bond acceptors (Lipinski definition) is 5. The molecule has 1 fully saturated rings. The van der Waals surface area contributed by atoms with Gasteiger partial charge in [-0.05, 0) is 73.1 Å². The summed E-state index contributed by atoms with van der Waals surface area (Å²) in [5.74, 6) is -2.94. The minimum atomic E-state index is -4.55. The molecular formula is C28H21ClF5N3O3S. The van der Waals surface area contributed by atoms with Crippen molar-refractivity contribution < 1.29 is 30.4 Å². The lowest BCUT2D eigenvalue weighted by molar-refractivity contribution is -0.137. The highest BCUT2D eigenvalue weighted by Gasteiger charge is 2.43. The summed E-state index contributed by atoms with van der Waals surface area (Å²) >= 11 is 6.48. The number of sulfone groups is 1. The standard InChI is InChI=1S/C28H21ClF5N3O3S/c1-13-10-36-25(17-5-4-6-21(23(17)30)41(3,39)40)24(31)26(13)37-14(2)7-20(22(29)27(37)38)19-9-18(19)15-8-16(12-35-11-15)28(32,33)34/h4-8,10-12,18-19H,9H2,1-3H3/t18?,19-/m1/s1. The van der Waals surface area contributed by atoms with E-state index < -0.39 is 54.9 Å². The number of nitrogens with zero attached hydrogens (tertiary/aromatic N) is 3. The predicted molar refractivity (Wildman–Crippen MR) is 142 cm³/mol. The van der Waals surface area contributed by atoms with Crippen LogP contribution in [0.15, 0.2) is 58.6 Å². The van der Waals surface area contributed by atoms with Gasteiger partial charge >= 0.3 is 6.18 Å². The number of halogens is 6. The van der Waals surface area contributed by atoms with Gasteiger partial charge in [0.25, 0.3) is 5.56 Å². The Balaban J connectivity index is 1.58. The Kier molecular flexibility index (Phi) is 7.06. The normalized spacial score (nSPS) is 17.1. The molecule has 0 spiro atoms.